The molecule has 8 N–H and O–H groups in total. The molecule has 8 rings (SSSR count). The van der Waals surface area contributed by atoms with Gasteiger partial charge in [0, 0.05) is 105 Å². The Morgan fingerprint density at radius 2 is 1.68 bits per heavy atom. The fourth-order valence-corrected chi connectivity index (χ4v) is 9.85. The molecule has 0 spiro atoms. The Balaban J connectivity index is 0.827. The SMILES string of the molecule is C=C1CCN(c2cccc3c2ccn3C2CCN(CC3CCN(C(=O)c4ccc(C5CCCN(C(/C=C(\N)c6ccccc6O)=C(N)N)C5)c(C)c4)CC3)CC2)C(=O)N1. The third-order valence-electron chi connectivity index (χ3n) is 13.1. The van der Waals surface area contributed by atoms with Crippen LogP contribution in [0.3, 0.4) is 0 Å². The Bertz CT molecular complexity index is 2270. The van der Waals surface area contributed by atoms with Crippen molar-refractivity contribution in [1.82, 2.24) is 24.6 Å². The molecule has 3 aromatic carbocycles. The summed E-state index contributed by atoms with van der Waals surface area (Å²) in [6.45, 7) is 13.0. The molecule has 4 fully saturated rings. The first kappa shape index (κ1) is 39.9. The van der Waals surface area contributed by atoms with Gasteiger partial charge in [0.1, 0.15) is 11.6 Å². The van der Waals surface area contributed by atoms with Crippen molar-refractivity contribution >= 4 is 34.2 Å². The topological polar surface area (TPSA) is 162 Å². The molecule has 5 heterocycles. The van der Waals surface area contributed by atoms with E-state index in [1.54, 1.807) is 24.3 Å². The summed E-state index contributed by atoms with van der Waals surface area (Å²) in [5.41, 5.74) is 26.4. The molecule has 4 saturated heterocycles. The number of carbonyl (C=O) groups is 2. The quantitative estimate of drug-likeness (QED) is 0.119. The summed E-state index contributed by atoms with van der Waals surface area (Å²) in [6, 6.07) is 21.9. The molecule has 0 aliphatic carbocycles. The van der Waals surface area contributed by atoms with Gasteiger partial charge in [0.2, 0.25) is 0 Å². The fraction of sp³-hybridized carbons (Fsp3) is 0.404. The second kappa shape index (κ2) is 17.1. The Hall–Kier alpha value is -5.88. The number of fused-ring (bicyclic) bond motifs is 1. The van der Waals surface area contributed by atoms with Crippen LogP contribution in [0.25, 0.3) is 16.6 Å². The van der Waals surface area contributed by atoms with Crippen LogP contribution >= 0.6 is 0 Å². The van der Waals surface area contributed by atoms with E-state index in [2.05, 4.69) is 69.7 Å². The lowest BCUT2D eigenvalue weighted by Crippen LogP contribution is -2.45. The van der Waals surface area contributed by atoms with Gasteiger partial charge >= 0.3 is 6.03 Å². The normalized spacial score (nSPS) is 20.3. The number of benzene rings is 3. The van der Waals surface area contributed by atoms with Gasteiger partial charge in [-0.1, -0.05) is 30.8 Å². The highest BCUT2D eigenvalue weighted by molar-refractivity contribution is 6.03. The lowest BCUT2D eigenvalue weighted by Gasteiger charge is -2.38. The van der Waals surface area contributed by atoms with Crippen LogP contribution in [-0.4, -0.2) is 88.7 Å². The minimum atomic E-state index is -0.108. The fourth-order valence-electron chi connectivity index (χ4n) is 9.85. The molecule has 1 atom stereocenters. The van der Waals surface area contributed by atoms with Crippen LogP contribution in [-0.2, 0) is 0 Å². The summed E-state index contributed by atoms with van der Waals surface area (Å²) in [4.78, 5) is 35.2. The number of piperidine rings is 3. The van der Waals surface area contributed by atoms with E-state index in [9.17, 15) is 14.7 Å². The first-order valence-electron chi connectivity index (χ1n) is 21.3. The number of rotatable bonds is 9. The molecule has 4 aromatic rings. The number of para-hydroxylation sites is 1. The van der Waals surface area contributed by atoms with Crippen LogP contribution in [0.4, 0.5) is 10.5 Å². The van der Waals surface area contributed by atoms with Gasteiger partial charge in [0.05, 0.1) is 16.9 Å². The van der Waals surface area contributed by atoms with E-state index in [-0.39, 0.29) is 29.4 Å². The number of amides is 3. The standard InChI is InChI=1S/C47H59N9O3/c1-31-27-34(12-13-37(31)35-7-6-20-54(30-35)43(45(49)50)28-40(48)38-8-3-4-11-44(38)57)46(58)53-23-15-33(16-24-53)29-52-21-17-36(18-22-52)55-26-19-39-41(55)9-5-10-42(39)56-25-14-32(2)51-47(56)59/h3-5,8-13,19,26-28,33,35-36,57H,2,6-7,14-18,20-25,29-30,48-50H2,1H3,(H,51,59)/b40-28-. The van der Waals surface area contributed by atoms with Crippen molar-refractivity contribution in [3.05, 3.63) is 125 Å². The minimum absolute atomic E-state index is 0.104. The molecule has 1 unspecified atom stereocenters. The molecular weight excluding hydrogens is 739 g/mol. The van der Waals surface area contributed by atoms with Crippen LogP contribution < -0.4 is 27.4 Å². The Labute approximate surface area is 347 Å². The van der Waals surface area contributed by atoms with Gasteiger partial charge in [0.15, 0.2) is 0 Å². The van der Waals surface area contributed by atoms with Crippen molar-refractivity contribution in [2.24, 2.45) is 23.1 Å². The average Bonchev–Trinajstić information content (AvgIpc) is 3.68. The van der Waals surface area contributed by atoms with Crippen molar-refractivity contribution in [2.45, 2.75) is 63.8 Å². The summed E-state index contributed by atoms with van der Waals surface area (Å²) in [6.07, 6.45) is 10.9. The highest BCUT2D eigenvalue weighted by atomic mass is 16.3. The summed E-state index contributed by atoms with van der Waals surface area (Å²) < 4.78 is 2.42. The third kappa shape index (κ3) is 8.50. The zero-order valence-electron chi connectivity index (χ0n) is 34.3. The van der Waals surface area contributed by atoms with E-state index in [1.807, 2.05) is 28.0 Å². The van der Waals surface area contributed by atoms with Gasteiger partial charge in [-0.15, -0.1) is 0 Å². The zero-order valence-corrected chi connectivity index (χ0v) is 34.3. The van der Waals surface area contributed by atoms with Crippen molar-refractivity contribution in [3.63, 3.8) is 0 Å². The van der Waals surface area contributed by atoms with Crippen LogP contribution in [0, 0.1) is 12.8 Å². The lowest BCUT2D eigenvalue weighted by molar-refractivity contribution is 0.0653. The number of anilines is 1. The Morgan fingerprint density at radius 1 is 0.898 bits per heavy atom. The number of nitrogens with two attached hydrogens (primary N) is 3. The van der Waals surface area contributed by atoms with E-state index in [0.29, 0.717) is 35.5 Å². The van der Waals surface area contributed by atoms with Crippen LogP contribution in [0.15, 0.2) is 103 Å². The molecule has 0 radical (unpaired) electrons. The van der Waals surface area contributed by atoms with Gasteiger partial charge in [0.25, 0.3) is 5.91 Å². The predicted molar refractivity (Wildman–Crippen MR) is 235 cm³/mol. The van der Waals surface area contributed by atoms with Gasteiger partial charge < -0.3 is 46.9 Å². The number of phenols is 1. The van der Waals surface area contributed by atoms with Gasteiger partial charge in [-0.2, -0.15) is 0 Å². The van der Waals surface area contributed by atoms with E-state index >= 15 is 0 Å². The molecule has 0 saturated carbocycles. The van der Waals surface area contributed by atoms with Crippen molar-refractivity contribution < 1.29 is 14.7 Å². The highest BCUT2D eigenvalue weighted by Crippen LogP contribution is 2.36. The van der Waals surface area contributed by atoms with E-state index in [0.717, 1.165) is 119 Å². The summed E-state index contributed by atoms with van der Waals surface area (Å²) >= 11 is 0. The molecule has 12 nitrogen and oxygen atoms in total. The van der Waals surface area contributed by atoms with E-state index in [1.165, 1.54) is 11.1 Å². The number of urea groups is 1. The Morgan fingerprint density at radius 3 is 2.41 bits per heavy atom. The maximum atomic E-state index is 13.8. The van der Waals surface area contributed by atoms with E-state index < -0.39 is 0 Å². The van der Waals surface area contributed by atoms with Crippen LogP contribution in [0.2, 0.25) is 0 Å². The molecular formula is C47H59N9O3. The second-order valence-corrected chi connectivity index (χ2v) is 16.9. The van der Waals surface area contributed by atoms with Gasteiger partial charge in [-0.25, -0.2) is 4.79 Å². The maximum absolute atomic E-state index is 13.8. The van der Waals surface area contributed by atoms with Gasteiger partial charge in [-0.05, 0) is 111 Å². The zero-order chi connectivity index (χ0) is 41.2. The maximum Gasteiger partial charge on any atom is 0.326 e. The number of hydrogen-bond donors (Lipinski definition) is 5. The van der Waals surface area contributed by atoms with Crippen molar-refractivity contribution in [3.8, 4) is 5.75 Å². The van der Waals surface area contributed by atoms with Crippen molar-refractivity contribution in [2.75, 3.05) is 57.3 Å². The number of aromatic nitrogens is 1. The number of hydrogen-bond acceptors (Lipinski definition) is 8. The Kier molecular flexibility index (Phi) is 11.6. The molecule has 4 aliphatic rings. The largest absolute Gasteiger partial charge is 0.507 e. The molecule has 4 aliphatic heterocycles. The molecule has 12 heteroatoms. The number of allylic oxidation sites excluding steroid dienone is 1. The van der Waals surface area contributed by atoms with Gasteiger partial charge in [-0.3, -0.25) is 9.69 Å². The smallest absolute Gasteiger partial charge is 0.326 e. The van der Waals surface area contributed by atoms with Crippen molar-refractivity contribution in [1.29, 1.82) is 0 Å². The number of nitrogens with zero attached hydrogens (tertiary/aromatic N) is 5. The molecule has 310 valence electrons. The number of nitrogens with one attached hydrogen (secondary N) is 1. The number of carbonyl (C=O) groups excluding carboxylic acids is 2. The minimum Gasteiger partial charge on any atom is -0.507 e. The first-order chi connectivity index (χ1) is 28.5. The molecule has 59 heavy (non-hydrogen) atoms. The number of likely N-dealkylation sites (tertiary alicyclic amines) is 3. The monoisotopic (exact) mass is 797 g/mol. The highest BCUT2D eigenvalue weighted by Gasteiger charge is 2.30. The molecule has 0 bridgehead atoms. The number of aromatic hydroxyl groups is 1. The van der Waals surface area contributed by atoms with E-state index in [4.69, 9.17) is 17.2 Å². The summed E-state index contributed by atoms with van der Waals surface area (Å²) in [5, 5.41) is 14.3. The lowest BCUT2D eigenvalue weighted by atomic mass is 9.86. The third-order valence-corrected chi connectivity index (χ3v) is 13.1. The summed E-state index contributed by atoms with van der Waals surface area (Å²) in [5.74, 6) is 1.23. The van der Waals surface area contributed by atoms with Crippen LogP contribution in [0.1, 0.15) is 84.0 Å². The van der Waals surface area contributed by atoms with Crippen LogP contribution in [0.5, 0.6) is 5.75 Å². The summed E-state index contributed by atoms with van der Waals surface area (Å²) in [7, 11) is 0. The number of aryl methyl sites for hydroxylation is 1. The molecule has 1 aromatic heterocycles. The number of phenolic OH excluding ortho intramolecular Hbond substituents is 1. The first-order valence-corrected chi connectivity index (χ1v) is 21.3. The second-order valence-electron chi connectivity index (χ2n) is 16.9. The predicted octanol–water partition coefficient (Wildman–Crippen LogP) is 6.54. The molecule has 3 amide bonds. The average molecular weight is 798 g/mol.